The van der Waals surface area contributed by atoms with Crippen LogP contribution in [-0.4, -0.2) is 4.57 Å². The number of anilines is 3. The number of hydrogen-bond acceptors (Lipinski definition) is 1. The van der Waals surface area contributed by atoms with Crippen molar-refractivity contribution in [3.63, 3.8) is 0 Å². The molecular formula is C64H44N2. The second-order valence-corrected chi connectivity index (χ2v) is 16.8. The van der Waals surface area contributed by atoms with Crippen LogP contribution in [0.4, 0.5) is 17.1 Å². The largest absolute Gasteiger partial charge is 0.310 e. The lowest BCUT2D eigenvalue weighted by Crippen LogP contribution is -2.11. The first-order chi connectivity index (χ1) is 32.8. The molecule has 0 N–H and O–H groups in total. The van der Waals surface area contributed by atoms with E-state index in [9.17, 15) is 0 Å². The summed E-state index contributed by atoms with van der Waals surface area (Å²) in [5.41, 5.74) is 18.6. The van der Waals surface area contributed by atoms with Crippen LogP contribution in [-0.2, 0) is 0 Å². The molecule has 0 bridgehead atoms. The van der Waals surface area contributed by atoms with E-state index in [1.807, 2.05) is 0 Å². The fourth-order valence-electron chi connectivity index (χ4n) is 10.0. The monoisotopic (exact) mass is 840 g/mol. The summed E-state index contributed by atoms with van der Waals surface area (Å²) in [6.07, 6.45) is 0. The Balaban J connectivity index is 1.01. The Labute approximate surface area is 385 Å². The molecule has 0 aliphatic rings. The van der Waals surface area contributed by atoms with E-state index >= 15 is 0 Å². The maximum atomic E-state index is 2.42. The zero-order chi connectivity index (χ0) is 43.8. The topological polar surface area (TPSA) is 8.17 Å². The van der Waals surface area contributed by atoms with Crippen LogP contribution in [0.5, 0.6) is 0 Å². The van der Waals surface area contributed by atoms with Crippen LogP contribution in [0.15, 0.2) is 267 Å². The van der Waals surface area contributed by atoms with Gasteiger partial charge >= 0.3 is 0 Å². The first-order valence-corrected chi connectivity index (χ1v) is 22.7. The van der Waals surface area contributed by atoms with Crippen LogP contribution >= 0.6 is 0 Å². The number of aromatic nitrogens is 1. The van der Waals surface area contributed by atoms with Crippen molar-refractivity contribution < 1.29 is 0 Å². The van der Waals surface area contributed by atoms with Crippen molar-refractivity contribution in [2.45, 2.75) is 0 Å². The fourth-order valence-corrected chi connectivity index (χ4v) is 10.0. The predicted octanol–water partition coefficient (Wildman–Crippen LogP) is 17.7. The molecule has 0 unspecified atom stereocenters. The van der Waals surface area contributed by atoms with Gasteiger partial charge in [-0.3, -0.25) is 0 Å². The molecule has 0 saturated carbocycles. The Morgan fingerprint density at radius 2 is 0.652 bits per heavy atom. The molecule has 0 radical (unpaired) electrons. The summed E-state index contributed by atoms with van der Waals surface area (Å²) in [6.45, 7) is 0. The van der Waals surface area contributed by atoms with Crippen LogP contribution in [0.3, 0.4) is 0 Å². The molecule has 0 spiro atoms. The number of fused-ring (bicyclic) bond motifs is 4. The van der Waals surface area contributed by atoms with Crippen molar-refractivity contribution in [1.82, 2.24) is 4.57 Å². The SMILES string of the molecule is c1ccc(-c2ccccc2-c2ccccc2-c2ccccc2N(c2ccc(-c3ccccc3-n3c4ccccc4c4ccccc43)cc2)c2ccc(-c3cccc4ccccc34)cc2)cc1. The highest BCUT2D eigenvalue weighted by Crippen LogP contribution is 2.46. The number of nitrogens with zero attached hydrogens (tertiary/aromatic N) is 2. The second-order valence-electron chi connectivity index (χ2n) is 16.8. The molecule has 2 heteroatoms. The molecule has 1 heterocycles. The van der Waals surface area contributed by atoms with Crippen LogP contribution < -0.4 is 4.90 Å². The van der Waals surface area contributed by atoms with Crippen molar-refractivity contribution in [3.8, 4) is 61.3 Å². The van der Waals surface area contributed by atoms with Crippen LogP contribution in [0.2, 0.25) is 0 Å². The molecule has 0 saturated heterocycles. The molecule has 0 aliphatic heterocycles. The summed E-state index contributed by atoms with van der Waals surface area (Å²) >= 11 is 0. The molecule has 12 rings (SSSR count). The fraction of sp³-hybridized carbons (Fsp3) is 0. The first kappa shape index (κ1) is 38.9. The Morgan fingerprint density at radius 3 is 1.30 bits per heavy atom. The van der Waals surface area contributed by atoms with Crippen LogP contribution in [0.25, 0.3) is 93.9 Å². The molecule has 2 nitrogen and oxygen atoms in total. The molecule has 310 valence electrons. The molecule has 12 aromatic rings. The summed E-state index contributed by atoms with van der Waals surface area (Å²) in [5, 5.41) is 4.99. The molecule has 66 heavy (non-hydrogen) atoms. The van der Waals surface area contributed by atoms with Gasteiger partial charge in [-0.25, -0.2) is 0 Å². The summed E-state index contributed by atoms with van der Waals surface area (Å²) in [7, 11) is 0. The number of benzene rings is 11. The van der Waals surface area contributed by atoms with Gasteiger partial charge in [0.2, 0.25) is 0 Å². The van der Waals surface area contributed by atoms with Crippen molar-refractivity contribution >= 4 is 49.6 Å². The molecule has 0 amide bonds. The van der Waals surface area contributed by atoms with Crippen molar-refractivity contribution in [3.05, 3.63) is 267 Å². The van der Waals surface area contributed by atoms with E-state index in [2.05, 4.69) is 276 Å². The third kappa shape index (κ3) is 6.84. The molecule has 1 aromatic heterocycles. The number of para-hydroxylation sites is 4. The summed E-state index contributed by atoms with van der Waals surface area (Å²) in [5.74, 6) is 0. The normalized spacial score (nSPS) is 11.3. The Morgan fingerprint density at radius 1 is 0.242 bits per heavy atom. The average Bonchev–Trinajstić information content (AvgIpc) is 3.74. The van der Waals surface area contributed by atoms with Crippen molar-refractivity contribution in [2.75, 3.05) is 4.90 Å². The number of rotatable bonds is 9. The van der Waals surface area contributed by atoms with Gasteiger partial charge in [-0.2, -0.15) is 0 Å². The predicted molar refractivity (Wildman–Crippen MR) is 280 cm³/mol. The quantitative estimate of drug-likeness (QED) is 0.141. The van der Waals surface area contributed by atoms with E-state index in [1.165, 1.54) is 77.1 Å². The van der Waals surface area contributed by atoms with Gasteiger partial charge in [0.25, 0.3) is 0 Å². The maximum absolute atomic E-state index is 2.42. The van der Waals surface area contributed by atoms with E-state index in [0.717, 1.165) is 33.9 Å². The van der Waals surface area contributed by atoms with Gasteiger partial charge in [0.15, 0.2) is 0 Å². The van der Waals surface area contributed by atoms with E-state index in [4.69, 9.17) is 0 Å². The zero-order valence-electron chi connectivity index (χ0n) is 36.3. The molecule has 0 fully saturated rings. The highest BCUT2D eigenvalue weighted by atomic mass is 15.1. The lowest BCUT2D eigenvalue weighted by molar-refractivity contribution is 1.18. The third-order valence-corrected chi connectivity index (χ3v) is 13.1. The van der Waals surface area contributed by atoms with Gasteiger partial charge in [-0.15, -0.1) is 0 Å². The Kier molecular flexibility index (Phi) is 9.89. The molecular weight excluding hydrogens is 797 g/mol. The highest BCUT2D eigenvalue weighted by Gasteiger charge is 2.21. The summed E-state index contributed by atoms with van der Waals surface area (Å²) in [4.78, 5) is 2.42. The first-order valence-electron chi connectivity index (χ1n) is 22.7. The van der Waals surface area contributed by atoms with E-state index in [-0.39, 0.29) is 0 Å². The van der Waals surface area contributed by atoms with E-state index in [0.29, 0.717) is 0 Å². The minimum Gasteiger partial charge on any atom is -0.310 e. The standard InChI is InChI=1S/C64H44N2/c1-2-19-45(20-3-1)53-24-6-7-26-55(53)56-27-8-9-28-57(56)58-29-11-15-34-62(58)65(49-41-37-47(38-42-49)52-32-18-22-46-21-4-5-23-51(46)52)50-43-39-48(40-44-50)54-25-10-14-33-61(54)66-63-35-16-12-30-59(63)60-31-13-17-36-64(60)66/h1-44H. The van der Waals surface area contributed by atoms with Gasteiger partial charge < -0.3 is 9.47 Å². The van der Waals surface area contributed by atoms with E-state index in [1.54, 1.807) is 0 Å². The minimum absolute atomic E-state index is 1.07. The Bertz CT molecular complexity index is 3630. The second kappa shape index (κ2) is 16.8. The van der Waals surface area contributed by atoms with Crippen LogP contribution in [0.1, 0.15) is 0 Å². The zero-order valence-corrected chi connectivity index (χ0v) is 36.3. The van der Waals surface area contributed by atoms with Crippen molar-refractivity contribution in [2.24, 2.45) is 0 Å². The molecule has 0 aliphatic carbocycles. The Hall–Kier alpha value is -8.72. The van der Waals surface area contributed by atoms with Gasteiger partial charge in [-0.1, -0.05) is 218 Å². The number of hydrogen-bond donors (Lipinski definition) is 0. The lowest BCUT2D eigenvalue weighted by Gasteiger charge is -2.29. The van der Waals surface area contributed by atoms with Gasteiger partial charge in [0.05, 0.1) is 22.4 Å². The summed E-state index contributed by atoms with van der Waals surface area (Å²) < 4.78 is 2.42. The smallest absolute Gasteiger partial charge is 0.0541 e. The molecule has 0 atom stereocenters. The van der Waals surface area contributed by atoms with Gasteiger partial charge in [-0.05, 0) is 104 Å². The molecule has 11 aromatic carbocycles. The highest BCUT2D eigenvalue weighted by molar-refractivity contribution is 6.10. The minimum atomic E-state index is 1.07. The lowest BCUT2D eigenvalue weighted by atomic mass is 9.88. The van der Waals surface area contributed by atoms with E-state index < -0.39 is 0 Å². The average molecular weight is 841 g/mol. The third-order valence-electron chi connectivity index (χ3n) is 13.1. The van der Waals surface area contributed by atoms with Crippen molar-refractivity contribution in [1.29, 1.82) is 0 Å². The maximum Gasteiger partial charge on any atom is 0.0541 e. The van der Waals surface area contributed by atoms with Gasteiger partial charge in [0.1, 0.15) is 0 Å². The van der Waals surface area contributed by atoms with Crippen LogP contribution in [0, 0.1) is 0 Å². The van der Waals surface area contributed by atoms with Gasteiger partial charge in [0, 0.05) is 33.3 Å². The summed E-state index contributed by atoms with van der Waals surface area (Å²) in [6, 6.07) is 96.9.